The van der Waals surface area contributed by atoms with E-state index in [-0.39, 0.29) is 5.91 Å². The van der Waals surface area contributed by atoms with Crippen LogP contribution in [0.2, 0.25) is 0 Å². The van der Waals surface area contributed by atoms with Gasteiger partial charge in [-0.05, 0) is 48.9 Å². The summed E-state index contributed by atoms with van der Waals surface area (Å²) in [5.74, 6) is 1.19. The standard InChI is InChI=1S/C22H24N4OS/c1-2-15-6-8-16(9-7-15)22(27)26-12-10-25(11-13-26)20-19-17-4-3-5-18(17)28-21(19)24-14-23-20/h6-9,14H,2-5,10-13H2,1H3. The van der Waals surface area contributed by atoms with Gasteiger partial charge in [0.2, 0.25) is 0 Å². The third kappa shape index (κ3) is 2.96. The Labute approximate surface area is 169 Å². The van der Waals surface area contributed by atoms with E-state index in [9.17, 15) is 4.79 Å². The van der Waals surface area contributed by atoms with Crippen molar-refractivity contribution in [3.63, 3.8) is 0 Å². The Morgan fingerprint density at radius 3 is 2.61 bits per heavy atom. The second-order valence-electron chi connectivity index (χ2n) is 7.56. The van der Waals surface area contributed by atoms with Crippen LogP contribution in [0, 0.1) is 0 Å². The van der Waals surface area contributed by atoms with Gasteiger partial charge < -0.3 is 9.80 Å². The van der Waals surface area contributed by atoms with Gasteiger partial charge in [-0.3, -0.25) is 4.79 Å². The number of aryl methyl sites for hydroxylation is 3. The minimum Gasteiger partial charge on any atom is -0.352 e. The average molecular weight is 393 g/mol. The number of aromatic nitrogens is 2. The van der Waals surface area contributed by atoms with Gasteiger partial charge in [0.15, 0.2) is 0 Å². The molecule has 0 spiro atoms. The third-order valence-corrected chi connectivity index (χ3v) is 7.16. The van der Waals surface area contributed by atoms with Crippen molar-refractivity contribution in [3.8, 4) is 0 Å². The Bertz CT molecular complexity index is 1020. The number of hydrogen-bond donors (Lipinski definition) is 0. The summed E-state index contributed by atoms with van der Waals surface area (Å²) in [6.45, 7) is 5.21. The molecule has 1 aromatic carbocycles. The Hall–Kier alpha value is -2.47. The molecule has 0 saturated carbocycles. The van der Waals surface area contributed by atoms with Crippen molar-refractivity contribution in [2.45, 2.75) is 32.6 Å². The van der Waals surface area contributed by atoms with Crippen LogP contribution in [0.5, 0.6) is 0 Å². The lowest BCUT2D eigenvalue weighted by Crippen LogP contribution is -2.49. The van der Waals surface area contributed by atoms with Crippen molar-refractivity contribution in [1.29, 1.82) is 0 Å². The molecule has 6 heteroatoms. The quantitative estimate of drug-likeness (QED) is 0.682. The minimum absolute atomic E-state index is 0.131. The lowest BCUT2D eigenvalue weighted by molar-refractivity contribution is 0.0746. The number of carbonyl (C=O) groups excluding carboxylic acids is 1. The molecule has 0 atom stereocenters. The summed E-state index contributed by atoms with van der Waals surface area (Å²) in [5.41, 5.74) is 3.51. The largest absolute Gasteiger partial charge is 0.352 e. The van der Waals surface area contributed by atoms with Crippen molar-refractivity contribution in [2.24, 2.45) is 0 Å². The van der Waals surface area contributed by atoms with Gasteiger partial charge in [0.25, 0.3) is 5.91 Å². The maximum absolute atomic E-state index is 12.9. The predicted molar refractivity (Wildman–Crippen MR) is 113 cm³/mol. The van der Waals surface area contributed by atoms with Crippen LogP contribution in [0.4, 0.5) is 5.82 Å². The SMILES string of the molecule is CCc1ccc(C(=O)N2CCN(c3ncnc4sc5c(c34)CCC5)CC2)cc1. The summed E-state index contributed by atoms with van der Waals surface area (Å²) in [4.78, 5) is 28.9. The van der Waals surface area contributed by atoms with Crippen LogP contribution in [-0.2, 0) is 19.3 Å². The molecule has 0 radical (unpaired) electrons. The van der Waals surface area contributed by atoms with Crippen LogP contribution in [0.15, 0.2) is 30.6 Å². The number of hydrogen-bond acceptors (Lipinski definition) is 5. The van der Waals surface area contributed by atoms with Crippen LogP contribution in [-0.4, -0.2) is 47.0 Å². The first-order chi connectivity index (χ1) is 13.7. The summed E-state index contributed by atoms with van der Waals surface area (Å²) in [6.07, 6.45) is 6.24. The van der Waals surface area contributed by atoms with Gasteiger partial charge in [-0.2, -0.15) is 0 Å². The summed E-state index contributed by atoms with van der Waals surface area (Å²) in [5, 5.41) is 1.26. The molecule has 5 nitrogen and oxygen atoms in total. The minimum atomic E-state index is 0.131. The number of piperazine rings is 1. The number of rotatable bonds is 3. The summed E-state index contributed by atoms with van der Waals surface area (Å²) >= 11 is 1.83. The fourth-order valence-electron chi connectivity index (χ4n) is 4.34. The molecule has 28 heavy (non-hydrogen) atoms. The molecule has 144 valence electrons. The van der Waals surface area contributed by atoms with Crippen LogP contribution in [0.25, 0.3) is 10.2 Å². The molecule has 2 aromatic heterocycles. The number of anilines is 1. The summed E-state index contributed by atoms with van der Waals surface area (Å²) in [6, 6.07) is 8.02. The zero-order chi connectivity index (χ0) is 19.1. The molecular weight excluding hydrogens is 368 g/mol. The van der Waals surface area contributed by atoms with E-state index in [1.165, 1.54) is 34.2 Å². The lowest BCUT2D eigenvalue weighted by Gasteiger charge is -2.35. The van der Waals surface area contributed by atoms with Crippen LogP contribution in [0.3, 0.4) is 0 Å². The second kappa shape index (κ2) is 7.17. The van der Waals surface area contributed by atoms with Crippen LogP contribution in [0.1, 0.15) is 39.7 Å². The first kappa shape index (κ1) is 17.6. The van der Waals surface area contributed by atoms with Gasteiger partial charge in [-0.1, -0.05) is 19.1 Å². The predicted octanol–water partition coefficient (Wildman–Crippen LogP) is 3.70. The first-order valence-corrected chi connectivity index (χ1v) is 10.9. The van der Waals surface area contributed by atoms with E-state index in [2.05, 4.69) is 33.9 Å². The highest BCUT2D eigenvalue weighted by atomic mass is 32.1. The van der Waals surface area contributed by atoms with Gasteiger partial charge in [0.05, 0.1) is 5.39 Å². The van der Waals surface area contributed by atoms with E-state index in [1.54, 1.807) is 6.33 Å². The monoisotopic (exact) mass is 392 g/mol. The van der Waals surface area contributed by atoms with Gasteiger partial charge in [-0.15, -0.1) is 11.3 Å². The third-order valence-electron chi connectivity index (χ3n) is 5.96. The maximum Gasteiger partial charge on any atom is 0.253 e. The highest BCUT2D eigenvalue weighted by Crippen LogP contribution is 2.40. The van der Waals surface area contributed by atoms with Crippen molar-refractivity contribution in [3.05, 3.63) is 52.2 Å². The molecule has 3 aromatic rings. The molecule has 0 bridgehead atoms. The smallest absolute Gasteiger partial charge is 0.253 e. The Balaban J connectivity index is 1.33. The number of benzene rings is 1. The fraction of sp³-hybridized carbons (Fsp3) is 0.409. The van der Waals surface area contributed by atoms with E-state index in [0.29, 0.717) is 0 Å². The molecule has 1 saturated heterocycles. The van der Waals surface area contributed by atoms with Gasteiger partial charge in [0, 0.05) is 36.6 Å². The number of amides is 1. The molecule has 1 fully saturated rings. The van der Waals surface area contributed by atoms with Crippen molar-refractivity contribution >= 4 is 33.3 Å². The number of nitrogens with zero attached hydrogens (tertiary/aromatic N) is 4. The molecule has 0 unspecified atom stereocenters. The van der Waals surface area contributed by atoms with E-state index in [4.69, 9.17) is 0 Å². The topological polar surface area (TPSA) is 49.3 Å². The molecule has 1 aliphatic heterocycles. The van der Waals surface area contributed by atoms with Crippen LogP contribution >= 0.6 is 11.3 Å². The molecule has 3 heterocycles. The zero-order valence-electron chi connectivity index (χ0n) is 16.1. The maximum atomic E-state index is 12.9. The van der Waals surface area contributed by atoms with E-state index < -0.39 is 0 Å². The average Bonchev–Trinajstić information content (AvgIpc) is 3.34. The first-order valence-electron chi connectivity index (χ1n) is 10.1. The van der Waals surface area contributed by atoms with E-state index in [1.807, 2.05) is 28.4 Å². The zero-order valence-corrected chi connectivity index (χ0v) is 17.0. The normalized spacial score (nSPS) is 16.6. The Morgan fingerprint density at radius 1 is 1.07 bits per heavy atom. The van der Waals surface area contributed by atoms with Gasteiger partial charge in [0.1, 0.15) is 17.0 Å². The number of thiophene rings is 1. The number of carbonyl (C=O) groups is 1. The van der Waals surface area contributed by atoms with Crippen molar-refractivity contribution in [1.82, 2.24) is 14.9 Å². The van der Waals surface area contributed by atoms with Gasteiger partial charge >= 0.3 is 0 Å². The Kier molecular flexibility index (Phi) is 4.51. The fourth-order valence-corrected chi connectivity index (χ4v) is 5.56. The molecule has 0 N–H and O–H groups in total. The van der Waals surface area contributed by atoms with E-state index in [0.717, 1.165) is 55.2 Å². The molecule has 1 aliphatic carbocycles. The van der Waals surface area contributed by atoms with Crippen molar-refractivity contribution < 1.29 is 4.79 Å². The lowest BCUT2D eigenvalue weighted by atomic mass is 10.1. The molecule has 2 aliphatic rings. The highest BCUT2D eigenvalue weighted by Gasteiger charge is 2.27. The summed E-state index contributed by atoms with van der Waals surface area (Å²) < 4.78 is 0. The van der Waals surface area contributed by atoms with E-state index >= 15 is 0 Å². The second-order valence-corrected chi connectivity index (χ2v) is 8.65. The number of fused-ring (bicyclic) bond motifs is 3. The molecular formula is C22H24N4OS. The molecule has 5 rings (SSSR count). The van der Waals surface area contributed by atoms with Gasteiger partial charge in [-0.25, -0.2) is 9.97 Å². The summed E-state index contributed by atoms with van der Waals surface area (Å²) in [7, 11) is 0. The highest BCUT2D eigenvalue weighted by molar-refractivity contribution is 7.19. The van der Waals surface area contributed by atoms with Crippen LogP contribution < -0.4 is 4.90 Å². The van der Waals surface area contributed by atoms with Crippen molar-refractivity contribution in [2.75, 3.05) is 31.1 Å². The Morgan fingerprint density at radius 2 is 1.86 bits per heavy atom. The molecule has 1 amide bonds.